The third-order valence-corrected chi connectivity index (χ3v) is 2.11. The van der Waals surface area contributed by atoms with Crippen LogP contribution in [-0.4, -0.2) is 5.11 Å². The molecular formula is C11H17NO. The molecule has 0 amide bonds. The molecule has 0 aliphatic heterocycles. The molecule has 13 heavy (non-hydrogen) atoms. The summed E-state index contributed by atoms with van der Waals surface area (Å²) in [4.78, 5) is 0. The normalized spacial score (nSPS) is 14.2. The highest BCUT2D eigenvalue weighted by molar-refractivity contribution is 5.33. The summed E-state index contributed by atoms with van der Waals surface area (Å²) in [6, 6.07) is 7.69. The second-order valence-electron chi connectivity index (χ2n) is 3.93. The molecule has 0 saturated carbocycles. The molecule has 0 fully saturated rings. The fourth-order valence-electron chi connectivity index (χ4n) is 1.45. The van der Waals surface area contributed by atoms with Crippen molar-refractivity contribution < 1.29 is 5.11 Å². The minimum atomic E-state index is -0.815. The maximum Gasteiger partial charge on any atom is 0.0843 e. The Morgan fingerprint density at radius 2 is 1.85 bits per heavy atom. The van der Waals surface area contributed by atoms with Crippen molar-refractivity contribution >= 4 is 0 Å². The summed E-state index contributed by atoms with van der Waals surface area (Å²) in [5.74, 6) is 0. The first-order valence-corrected chi connectivity index (χ1v) is 4.50. The molecule has 0 aliphatic rings. The zero-order valence-corrected chi connectivity index (χ0v) is 8.41. The van der Waals surface area contributed by atoms with Gasteiger partial charge in [-0.25, -0.2) is 0 Å². The SMILES string of the molecule is C[C@H](N)c1ccccc1C(C)(C)O. The van der Waals surface area contributed by atoms with Gasteiger partial charge in [-0.15, -0.1) is 0 Å². The summed E-state index contributed by atoms with van der Waals surface area (Å²) in [6.07, 6.45) is 0. The first-order chi connectivity index (χ1) is 5.93. The van der Waals surface area contributed by atoms with E-state index < -0.39 is 5.60 Å². The van der Waals surface area contributed by atoms with Gasteiger partial charge in [-0.05, 0) is 31.9 Å². The fourth-order valence-corrected chi connectivity index (χ4v) is 1.45. The minimum Gasteiger partial charge on any atom is -0.386 e. The van der Waals surface area contributed by atoms with Gasteiger partial charge in [0.2, 0.25) is 0 Å². The maximum atomic E-state index is 9.86. The molecule has 1 aromatic carbocycles. The summed E-state index contributed by atoms with van der Waals surface area (Å²) in [5, 5.41) is 9.86. The zero-order chi connectivity index (χ0) is 10.1. The molecular weight excluding hydrogens is 162 g/mol. The van der Waals surface area contributed by atoms with Gasteiger partial charge in [0, 0.05) is 6.04 Å². The predicted octanol–water partition coefficient (Wildman–Crippen LogP) is 1.93. The average molecular weight is 179 g/mol. The van der Waals surface area contributed by atoms with Gasteiger partial charge >= 0.3 is 0 Å². The number of benzene rings is 1. The molecule has 0 bridgehead atoms. The van der Waals surface area contributed by atoms with E-state index in [1.165, 1.54) is 0 Å². The summed E-state index contributed by atoms with van der Waals surface area (Å²) in [5.41, 5.74) is 6.90. The lowest BCUT2D eigenvalue weighted by molar-refractivity contribution is 0.0773. The van der Waals surface area contributed by atoms with Crippen LogP contribution in [0.5, 0.6) is 0 Å². The topological polar surface area (TPSA) is 46.2 Å². The Bertz CT molecular complexity index is 286. The number of aliphatic hydroxyl groups is 1. The molecule has 0 radical (unpaired) electrons. The Morgan fingerprint density at radius 3 is 2.23 bits per heavy atom. The van der Waals surface area contributed by atoms with Crippen LogP contribution in [0.25, 0.3) is 0 Å². The molecule has 0 unspecified atom stereocenters. The maximum absolute atomic E-state index is 9.86. The summed E-state index contributed by atoms with van der Waals surface area (Å²) in [6.45, 7) is 5.47. The summed E-state index contributed by atoms with van der Waals surface area (Å²) >= 11 is 0. The Morgan fingerprint density at radius 1 is 1.31 bits per heavy atom. The quantitative estimate of drug-likeness (QED) is 0.728. The Balaban J connectivity index is 3.20. The number of rotatable bonds is 2. The molecule has 2 heteroatoms. The van der Waals surface area contributed by atoms with Gasteiger partial charge in [0.25, 0.3) is 0 Å². The highest BCUT2D eigenvalue weighted by Crippen LogP contribution is 2.26. The first-order valence-electron chi connectivity index (χ1n) is 4.50. The van der Waals surface area contributed by atoms with Crippen LogP contribution in [0.1, 0.15) is 37.9 Å². The predicted molar refractivity (Wildman–Crippen MR) is 54.3 cm³/mol. The Kier molecular flexibility index (Phi) is 2.74. The van der Waals surface area contributed by atoms with Crippen LogP contribution in [0.4, 0.5) is 0 Å². The van der Waals surface area contributed by atoms with Crippen molar-refractivity contribution in [3.8, 4) is 0 Å². The average Bonchev–Trinajstić information content (AvgIpc) is 2.03. The summed E-state index contributed by atoms with van der Waals surface area (Å²) in [7, 11) is 0. The van der Waals surface area contributed by atoms with Crippen LogP contribution >= 0.6 is 0 Å². The van der Waals surface area contributed by atoms with Gasteiger partial charge in [0.15, 0.2) is 0 Å². The van der Waals surface area contributed by atoms with Crippen molar-refractivity contribution in [2.45, 2.75) is 32.4 Å². The van der Waals surface area contributed by atoms with E-state index in [1.807, 2.05) is 31.2 Å². The molecule has 1 atom stereocenters. The van der Waals surface area contributed by atoms with Crippen molar-refractivity contribution in [1.29, 1.82) is 0 Å². The number of hydrogen-bond acceptors (Lipinski definition) is 2. The van der Waals surface area contributed by atoms with Gasteiger partial charge in [-0.3, -0.25) is 0 Å². The van der Waals surface area contributed by atoms with E-state index in [0.717, 1.165) is 11.1 Å². The van der Waals surface area contributed by atoms with E-state index >= 15 is 0 Å². The molecule has 0 saturated heterocycles. The van der Waals surface area contributed by atoms with E-state index in [1.54, 1.807) is 13.8 Å². The van der Waals surface area contributed by atoms with Crippen LogP contribution in [0, 0.1) is 0 Å². The lowest BCUT2D eigenvalue weighted by Crippen LogP contribution is -2.20. The van der Waals surface area contributed by atoms with Gasteiger partial charge in [-0.1, -0.05) is 24.3 Å². The zero-order valence-electron chi connectivity index (χ0n) is 8.41. The van der Waals surface area contributed by atoms with Gasteiger partial charge in [0.05, 0.1) is 5.60 Å². The second kappa shape index (κ2) is 3.48. The van der Waals surface area contributed by atoms with Crippen LogP contribution in [0.2, 0.25) is 0 Å². The third kappa shape index (κ3) is 2.29. The molecule has 0 aliphatic carbocycles. The van der Waals surface area contributed by atoms with Crippen LogP contribution < -0.4 is 5.73 Å². The third-order valence-electron chi connectivity index (χ3n) is 2.11. The second-order valence-corrected chi connectivity index (χ2v) is 3.93. The fraction of sp³-hybridized carbons (Fsp3) is 0.455. The molecule has 2 nitrogen and oxygen atoms in total. The van der Waals surface area contributed by atoms with Crippen molar-refractivity contribution in [3.05, 3.63) is 35.4 Å². The smallest absolute Gasteiger partial charge is 0.0843 e. The minimum absolute atomic E-state index is 0.0392. The van der Waals surface area contributed by atoms with Crippen molar-refractivity contribution in [1.82, 2.24) is 0 Å². The standard InChI is InChI=1S/C11H17NO/c1-8(12)9-6-4-5-7-10(9)11(2,3)13/h4-8,13H,12H2,1-3H3/t8-/m0/s1. The van der Waals surface area contributed by atoms with E-state index in [2.05, 4.69) is 0 Å². The molecule has 1 rings (SSSR count). The molecule has 0 spiro atoms. The van der Waals surface area contributed by atoms with Crippen LogP contribution in [0.3, 0.4) is 0 Å². The van der Waals surface area contributed by atoms with Crippen molar-refractivity contribution in [3.63, 3.8) is 0 Å². The molecule has 0 heterocycles. The lowest BCUT2D eigenvalue weighted by Gasteiger charge is -2.23. The van der Waals surface area contributed by atoms with Crippen LogP contribution in [-0.2, 0) is 5.60 Å². The van der Waals surface area contributed by atoms with E-state index in [-0.39, 0.29) is 6.04 Å². The summed E-state index contributed by atoms with van der Waals surface area (Å²) < 4.78 is 0. The first kappa shape index (κ1) is 10.2. The van der Waals surface area contributed by atoms with E-state index in [9.17, 15) is 5.11 Å². The van der Waals surface area contributed by atoms with Gasteiger partial charge in [-0.2, -0.15) is 0 Å². The van der Waals surface area contributed by atoms with Gasteiger partial charge in [0.1, 0.15) is 0 Å². The molecule has 1 aromatic rings. The highest BCUT2D eigenvalue weighted by Gasteiger charge is 2.20. The molecule has 0 aromatic heterocycles. The largest absolute Gasteiger partial charge is 0.386 e. The van der Waals surface area contributed by atoms with Crippen LogP contribution in [0.15, 0.2) is 24.3 Å². The molecule has 72 valence electrons. The van der Waals surface area contributed by atoms with Crippen molar-refractivity contribution in [2.24, 2.45) is 5.73 Å². The lowest BCUT2D eigenvalue weighted by atomic mass is 9.90. The number of hydrogen-bond donors (Lipinski definition) is 2. The van der Waals surface area contributed by atoms with E-state index in [4.69, 9.17) is 5.73 Å². The Labute approximate surface area is 79.4 Å². The van der Waals surface area contributed by atoms with Gasteiger partial charge < -0.3 is 10.8 Å². The monoisotopic (exact) mass is 179 g/mol. The molecule has 3 N–H and O–H groups in total. The Hall–Kier alpha value is -0.860. The van der Waals surface area contributed by atoms with E-state index in [0.29, 0.717) is 0 Å². The number of nitrogens with two attached hydrogens (primary N) is 1. The van der Waals surface area contributed by atoms with Crippen molar-refractivity contribution in [2.75, 3.05) is 0 Å². The highest BCUT2D eigenvalue weighted by atomic mass is 16.3.